The van der Waals surface area contributed by atoms with Crippen LogP contribution >= 0.6 is 0 Å². The van der Waals surface area contributed by atoms with E-state index in [-0.39, 0.29) is 11.9 Å². The number of amides is 1. The summed E-state index contributed by atoms with van der Waals surface area (Å²) in [7, 11) is 0. The summed E-state index contributed by atoms with van der Waals surface area (Å²) in [5.41, 5.74) is 5.25. The molecule has 0 aromatic carbocycles. The Morgan fingerprint density at radius 3 is 2.60 bits per heavy atom. The monoisotopic (exact) mass is 214 g/mol. The molecular weight excluding hydrogens is 196 g/mol. The van der Waals surface area contributed by atoms with Crippen LogP contribution in [-0.4, -0.2) is 29.1 Å². The summed E-state index contributed by atoms with van der Waals surface area (Å²) in [5.74, 6) is -1.28. The molecule has 5 heteroatoms. The minimum Gasteiger partial charge on any atom is -0.480 e. The van der Waals surface area contributed by atoms with Crippen LogP contribution in [0.5, 0.6) is 0 Å². The average molecular weight is 214 g/mol. The highest BCUT2D eigenvalue weighted by atomic mass is 16.4. The Kier molecular flexibility index (Phi) is 3.34. The Labute approximate surface area is 89.0 Å². The first-order chi connectivity index (χ1) is 6.88. The lowest BCUT2D eigenvalue weighted by atomic mass is 9.84. The van der Waals surface area contributed by atoms with Crippen molar-refractivity contribution in [1.82, 2.24) is 5.32 Å². The lowest BCUT2D eigenvalue weighted by Gasteiger charge is -2.28. The van der Waals surface area contributed by atoms with Gasteiger partial charge in [-0.1, -0.05) is 6.42 Å². The first-order valence-corrected chi connectivity index (χ1v) is 5.17. The zero-order valence-electron chi connectivity index (χ0n) is 9.12. The molecule has 0 aromatic heterocycles. The summed E-state index contributed by atoms with van der Waals surface area (Å²) in [6, 6.07) is -1.03. The maximum absolute atomic E-state index is 11.8. The number of carboxylic acid groups (broad SMARTS) is 1. The van der Waals surface area contributed by atoms with Gasteiger partial charge in [0.25, 0.3) is 0 Å². The average Bonchev–Trinajstić information content (AvgIpc) is 2.48. The van der Waals surface area contributed by atoms with E-state index < -0.39 is 17.4 Å². The third-order valence-corrected chi connectivity index (χ3v) is 3.27. The van der Waals surface area contributed by atoms with Crippen LogP contribution in [0.3, 0.4) is 0 Å². The van der Waals surface area contributed by atoms with Gasteiger partial charge in [-0.25, -0.2) is 0 Å². The Morgan fingerprint density at radius 1 is 1.60 bits per heavy atom. The van der Waals surface area contributed by atoms with Gasteiger partial charge in [-0.2, -0.15) is 0 Å². The predicted molar refractivity (Wildman–Crippen MR) is 55.2 cm³/mol. The fraction of sp³-hybridized carbons (Fsp3) is 0.800. The predicted octanol–water partition coefficient (Wildman–Crippen LogP) is 0.0932. The van der Waals surface area contributed by atoms with Crippen molar-refractivity contribution in [3.05, 3.63) is 0 Å². The van der Waals surface area contributed by atoms with E-state index in [1.807, 2.05) is 0 Å². The number of carboxylic acids is 1. The maximum atomic E-state index is 11.8. The molecule has 0 aliphatic heterocycles. The zero-order chi connectivity index (χ0) is 11.6. The minimum atomic E-state index is -1.03. The number of rotatable bonds is 3. The summed E-state index contributed by atoms with van der Waals surface area (Å²) in [5, 5.41) is 11.2. The number of aliphatic carboxylic acids is 1. The number of carbonyl (C=O) groups excluding carboxylic acids is 1. The van der Waals surface area contributed by atoms with Crippen LogP contribution < -0.4 is 11.1 Å². The Hall–Kier alpha value is -1.10. The summed E-state index contributed by atoms with van der Waals surface area (Å²) in [4.78, 5) is 22.4. The second kappa shape index (κ2) is 4.18. The molecule has 1 saturated carbocycles. The van der Waals surface area contributed by atoms with Gasteiger partial charge >= 0.3 is 5.97 Å². The van der Waals surface area contributed by atoms with Gasteiger partial charge in [0.1, 0.15) is 6.04 Å². The number of nitrogens with two attached hydrogens (primary N) is 1. The van der Waals surface area contributed by atoms with E-state index in [2.05, 4.69) is 5.32 Å². The van der Waals surface area contributed by atoms with E-state index in [9.17, 15) is 9.59 Å². The molecule has 0 bridgehead atoms. The molecule has 1 fully saturated rings. The van der Waals surface area contributed by atoms with Gasteiger partial charge in [0.05, 0.1) is 5.41 Å². The summed E-state index contributed by atoms with van der Waals surface area (Å²) in [6.45, 7) is 3.25. The van der Waals surface area contributed by atoms with Crippen LogP contribution in [0.1, 0.15) is 33.1 Å². The highest BCUT2D eigenvalue weighted by Crippen LogP contribution is 2.36. The molecule has 0 aromatic rings. The molecule has 1 rings (SSSR count). The first-order valence-electron chi connectivity index (χ1n) is 5.17. The molecular formula is C10H18N2O3. The highest BCUT2D eigenvalue weighted by Gasteiger charge is 2.43. The number of nitrogens with one attached hydrogen (secondary N) is 1. The second-order valence-corrected chi connectivity index (χ2v) is 4.45. The molecule has 0 spiro atoms. The molecule has 3 unspecified atom stereocenters. The molecule has 86 valence electrons. The van der Waals surface area contributed by atoms with Crippen LogP contribution in [0.4, 0.5) is 0 Å². The van der Waals surface area contributed by atoms with Gasteiger partial charge in [0.2, 0.25) is 5.91 Å². The first kappa shape index (κ1) is 12.0. The van der Waals surface area contributed by atoms with E-state index in [0.717, 1.165) is 19.3 Å². The molecule has 0 heterocycles. The Bertz CT molecular complexity index is 280. The van der Waals surface area contributed by atoms with Crippen LogP contribution in [0.15, 0.2) is 0 Å². The van der Waals surface area contributed by atoms with Crippen molar-refractivity contribution >= 4 is 11.9 Å². The SMILES string of the molecule is CC(NC(=O)C1(C)CCCC1N)C(=O)O. The van der Waals surface area contributed by atoms with E-state index >= 15 is 0 Å². The topological polar surface area (TPSA) is 92.4 Å². The maximum Gasteiger partial charge on any atom is 0.325 e. The summed E-state index contributed by atoms with van der Waals surface area (Å²) in [6.07, 6.45) is 2.48. The molecule has 0 saturated heterocycles. The molecule has 3 atom stereocenters. The second-order valence-electron chi connectivity index (χ2n) is 4.45. The van der Waals surface area contributed by atoms with Crippen LogP contribution in [0, 0.1) is 5.41 Å². The lowest BCUT2D eigenvalue weighted by Crippen LogP contribution is -2.51. The number of hydrogen-bond acceptors (Lipinski definition) is 3. The molecule has 1 aliphatic carbocycles. The molecule has 0 radical (unpaired) electrons. The highest BCUT2D eigenvalue weighted by molar-refractivity contribution is 5.87. The standard InChI is InChI=1S/C10H18N2O3/c1-6(8(13)14)12-9(15)10(2)5-3-4-7(10)11/h6-7H,3-5,11H2,1-2H3,(H,12,15)(H,13,14). The van der Waals surface area contributed by atoms with E-state index in [1.54, 1.807) is 6.92 Å². The molecule has 4 N–H and O–H groups in total. The van der Waals surface area contributed by atoms with E-state index in [1.165, 1.54) is 6.92 Å². The normalized spacial score (nSPS) is 32.3. The fourth-order valence-corrected chi connectivity index (χ4v) is 1.90. The van der Waals surface area contributed by atoms with Crippen LogP contribution in [0.25, 0.3) is 0 Å². The Morgan fingerprint density at radius 2 is 2.20 bits per heavy atom. The largest absolute Gasteiger partial charge is 0.480 e. The van der Waals surface area contributed by atoms with Gasteiger partial charge in [-0.15, -0.1) is 0 Å². The summed E-state index contributed by atoms with van der Waals surface area (Å²) >= 11 is 0. The quantitative estimate of drug-likeness (QED) is 0.621. The summed E-state index contributed by atoms with van der Waals surface area (Å²) < 4.78 is 0. The van der Waals surface area contributed by atoms with Gasteiger partial charge in [-0.05, 0) is 26.7 Å². The van der Waals surface area contributed by atoms with Gasteiger partial charge in [0.15, 0.2) is 0 Å². The van der Waals surface area contributed by atoms with E-state index in [0.29, 0.717) is 0 Å². The third kappa shape index (κ3) is 2.28. The molecule has 1 amide bonds. The molecule has 5 nitrogen and oxygen atoms in total. The zero-order valence-corrected chi connectivity index (χ0v) is 9.12. The lowest BCUT2D eigenvalue weighted by molar-refractivity contribution is -0.143. The van der Waals surface area contributed by atoms with Crippen LogP contribution in [-0.2, 0) is 9.59 Å². The third-order valence-electron chi connectivity index (χ3n) is 3.27. The smallest absolute Gasteiger partial charge is 0.325 e. The van der Waals surface area contributed by atoms with Crippen molar-refractivity contribution in [2.45, 2.75) is 45.2 Å². The minimum absolute atomic E-state index is 0.168. The fourth-order valence-electron chi connectivity index (χ4n) is 1.90. The van der Waals surface area contributed by atoms with Gasteiger partial charge < -0.3 is 16.2 Å². The van der Waals surface area contributed by atoms with Crippen molar-refractivity contribution in [3.8, 4) is 0 Å². The number of hydrogen-bond donors (Lipinski definition) is 3. The molecule has 1 aliphatic rings. The van der Waals surface area contributed by atoms with Crippen molar-refractivity contribution in [2.75, 3.05) is 0 Å². The molecule has 15 heavy (non-hydrogen) atoms. The van der Waals surface area contributed by atoms with Crippen molar-refractivity contribution < 1.29 is 14.7 Å². The van der Waals surface area contributed by atoms with Gasteiger partial charge in [0, 0.05) is 6.04 Å². The van der Waals surface area contributed by atoms with Gasteiger partial charge in [-0.3, -0.25) is 9.59 Å². The van der Waals surface area contributed by atoms with E-state index in [4.69, 9.17) is 10.8 Å². The van der Waals surface area contributed by atoms with Crippen molar-refractivity contribution in [1.29, 1.82) is 0 Å². The number of carbonyl (C=O) groups is 2. The van der Waals surface area contributed by atoms with Crippen LogP contribution in [0.2, 0.25) is 0 Å². The van der Waals surface area contributed by atoms with Crippen molar-refractivity contribution in [3.63, 3.8) is 0 Å². The Balaban J connectivity index is 2.64. The van der Waals surface area contributed by atoms with Crippen molar-refractivity contribution in [2.24, 2.45) is 11.1 Å².